The summed E-state index contributed by atoms with van der Waals surface area (Å²) in [5.41, 5.74) is 0.856. The highest BCUT2D eigenvalue weighted by Gasteiger charge is 2.09. The molecule has 0 radical (unpaired) electrons. The molecule has 17 heavy (non-hydrogen) atoms. The van der Waals surface area contributed by atoms with Gasteiger partial charge in [-0.05, 0) is 17.7 Å². The van der Waals surface area contributed by atoms with E-state index in [0.717, 1.165) is 5.56 Å². The lowest BCUT2D eigenvalue weighted by Gasteiger charge is -2.12. The summed E-state index contributed by atoms with van der Waals surface area (Å²) in [6, 6.07) is 4.41. The summed E-state index contributed by atoms with van der Waals surface area (Å²) in [7, 11) is 1.59. The zero-order valence-electron chi connectivity index (χ0n) is 9.66. The van der Waals surface area contributed by atoms with Gasteiger partial charge in [-0.1, -0.05) is 22.0 Å². The van der Waals surface area contributed by atoms with Gasteiger partial charge in [0.1, 0.15) is 5.82 Å². The topological polar surface area (TPSA) is 38.7 Å². The van der Waals surface area contributed by atoms with Crippen LogP contribution in [0.1, 0.15) is 5.56 Å². The van der Waals surface area contributed by atoms with Gasteiger partial charge in [-0.25, -0.2) is 4.39 Å². The Morgan fingerprint density at radius 1 is 1.41 bits per heavy atom. The highest BCUT2D eigenvalue weighted by Crippen LogP contribution is 2.19. The molecule has 1 atom stereocenters. The SMILES string of the molecule is COCCOCC(O)Cc1ccc(F)cc1Br. The van der Waals surface area contributed by atoms with Crippen molar-refractivity contribution in [2.75, 3.05) is 26.9 Å². The lowest BCUT2D eigenvalue weighted by Crippen LogP contribution is -2.19. The minimum Gasteiger partial charge on any atom is -0.390 e. The van der Waals surface area contributed by atoms with Gasteiger partial charge in [0.15, 0.2) is 0 Å². The molecule has 0 aliphatic heterocycles. The summed E-state index contributed by atoms with van der Waals surface area (Å²) < 4.78 is 23.5. The second kappa shape index (κ2) is 7.76. The van der Waals surface area contributed by atoms with Crippen LogP contribution in [0.15, 0.2) is 22.7 Å². The van der Waals surface area contributed by atoms with E-state index in [1.165, 1.54) is 12.1 Å². The molecule has 1 aromatic rings. The van der Waals surface area contributed by atoms with E-state index in [-0.39, 0.29) is 12.4 Å². The fraction of sp³-hybridized carbons (Fsp3) is 0.500. The summed E-state index contributed by atoms with van der Waals surface area (Å²) in [4.78, 5) is 0. The Morgan fingerprint density at radius 3 is 2.82 bits per heavy atom. The number of ether oxygens (including phenoxy) is 2. The van der Waals surface area contributed by atoms with Gasteiger partial charge in [0, 0.05) is 18.0 Å². The fourth-order valence-corrected chi connectivity index (χ4v) is 1.87. The van der Waals surface area contributed by atoms with Crippen molar-refractivity contribution < 1.29 is 19.0 Å². The van der Waals surface area contributed by atoms with Gasteiger partial charge < -0.3 is 14.6 Å². The van der Waals surface area contributed by atoms with Gasteiger partial charge >= 0.3 is 0 Å². The van der Waals surface area contributed by atoms with Crippen molar-refractivity contribution in [2.45, 2.75) is 12.5 Å². The molecular formula is C12H16BrFO3. The minimum absolute atomic E-state index is 0.243. The molecule has 1 rings (SSSR count). The first-order valence-corrected chi connectivity index (χ1v) is 6.11. The minimum atomic E-state index is -0.603. The molecule has 0 spiro atoms. The highest BCUT2D eigenvalue weighted by molar-refractivity contribution is 9.10. The Hall–Kier alpha value is -0.490. The molecular weight excluding hydrogens is 291 g/mol. The summed E-state index contributed by atoms with van der Waals surface area (Å²) in [5, 5.41) is 9.72. The van der Waals surface area contributed by atoms with Crippen LogP contribution >= 0.6 is 15.9 Å². The molecule has 5 heteroatoms. The van der Waals surface area contributed by atoms with E-state index in [0.29, 0.717) is 24.1 Å². The number of halogens is 2. The molecule has 1 aromatic carbocycles. The fourth-order valence-electron chi connectivity index (χ4n) is 1.36. The quantitative estimate of drug-likeness (QED) is 0.785. The molecule has 0 amide bonds. The molecule has 0 fully saturated rings. The molecule has 0 bridgehead atoms. The molecule has 0 heterocycles. The third kappa shape index (κ3) is 5.59. The maximum absolute atomic E-state index is 12.8. The lowest BCUT2D eigenvalue weighted by atomic mass is 10.1. The van der Waals surface area contributed by atoms with Crippen LogP contribution in [0.25, 0.3) is 0 Å². The van der Waals surface area contributed by atoms with Gasteiger partial charge in [0.25, 0.3) is 0 Å². The number of hydrogen-bond acceptors (Lipinski definition) is 3. The summed E-state index contributed by atoms with van der Waals surface area (Å²) >= 11 is 3.26. The summed E-state index contributed by atoms with van der Waals surface area (Å²) in [6.07, 6.45) is -0.179. The van der Waals surface area contributed by atoms with Gasteiger partial charge in [-0.3, -0.25) is 0 Å². The number of methoxy groups -OCH3 is 1. The van der Waals surface area contributed by atoms with E-state index in [4.69, 9.17) is 9.47 Å². The van der Waals surface area contributed by atoms with Crippen LogP contribution in [0, 0.1) is 5.82 Å². The molecule has 0 aliphatic rings. The van der Waals surface area contributed by atoms with Crippen LogP contribution in [0.5, 0.6) is 0 Å². The molecule has 3 nitrogen and oxygen atoms in total. The molecule has 0 aromatic heterocycles. The number of aliphatic hydroxyl groups is 1. The summed E-state index contributed by atoms with van der Waals surface area (Å²) in [6.45, 7) is 1.21. The van der Waals surface area contributed by atoms with Crippen LogP contribution in [0.3, 0.4) is 0 Å². The maximum atomic E-state index is 12.8. The van der Waals surface area contributed by atoms with Crippen molar-refractivity contribution in [3.8, 4) is 0 Å². The average Bonchev–Trinajstić information content (AvgIpc) is 2.28. The Morgan fingerprint density at radius 2 is 2.18 bits per heavy atom. The van der Waals surface area contributed by atoms with Crippen molar-refractivity contribution in [3.63, 3.8) is 0 Å². The number of rotatable bonds is 7. The third-order valence-corrected chi connectivity index (χ3v) is 2.95. The second-order valence-corrected chi connectivity index (χ2v) is 4.52. The molecule has 0 aliphatic carbocycles. The van der Waals surface area contributed by atoms with Crippen molar-refractivity contribution in [2.24, 2.45) is 0 Å². The first kappa shape index (κ1) is 14.6. The molecule has 0 saturated carbocycles. The second-order valence-electron chi connectivity index (χ2n) is 3.66. The first-order valence-electron chi connectivity index (χ1n) is 5.32. The molecule has 1 unspecified atom stereocenters. The van der Waals surface area contributed by atoms with Gasteiger partial charge in [0.2, 0.25) is 0 Å². The maximum Gasteiger partial charge on any atom is 0.124 e. The Bertz CT molecular complexity index is 347. The van der Waals surface area contributed by atoms with Crippen LogP contribution in [0.4, 0.5) is 4.39 Å². The van der Waals surface area contributed by atoms with E-state index in [2.05, 4.69) is 15.9 Å². The lowest BCUT2D eigenvalue weighted by molar-refractivity contribution is 0.0136. The summed E-state index contributed by atoms with van der Waals surface area (Å²) in [5.74, 6) is -0.300. The van der Waals surface area contributed by atoms with E-state index in [1.807, 2.05) is 0 Å². The van der Waals surface area contributed by atoms with Crippen molar-refractivity contribution in [3.05, 3.63) is 34.1 Å². The van der Waals surface area contributed by atoms with Gasteiger partial charge in [0.05, 0.1) is 25.9 Å². The zero-order chi connectivity index (χ0) is 12.7. The zero-order valence-corrected chi connectivity index (χ0v) is 11.2. The van der Waals surface area contributed by atoms with Crippen molar-refractivity contribution in [1.29, 1.82) is 0 Å². The number of hydrogen-bond donors (Lipinski definition) is 1. The van der Waals surface area contributed by atoms with Gasteiger partial charge in [-0.15, -0.1) is 0 Å². The van der Waals surface area contributed by atoms with Crippen LogP contribution in [0.2, 0.25) is 0 Å². The monoisotopic (exact) mass is 306 g/mol. The first-order chi connectivity index (χ1) is 8.13. The molecule has 96 valence electrons. The predicted octanol–water partition coefficient (Wildman–Crippen LogP) is 2.15. The average molecular weight is 307 g/mol. The Balaban J connectivity index is 2.37. The largest absolute Gasteiger partial charge is 0.390 e. The Kier molecular flexibility index (Phi) is 6.65. The molecule has 1 N–H and O–H groups in total. The standard InChI is InChI=1S/C12H16BrFO3/c1-16-4-5-17-8-11(15)6-9-2-3-10(14)7-12(9)13/h2-3,7,11,15H,4-6,8H2,1H3. The number of benzene rings is 1. The predicted molar refractivity (Wildman–Crippen MR) is 66.5 cm³/mol. The molecule has 0 saturated heterocycles. The van der Waals surface area contributed by atoms with Crippen LogP contribution in [-0.2, 0) is 15.9 Å². The van der Waals surface area contributed by atoms with E-state index in [1.54, 1.807) is 13.2 Å². The Labute approximate surface area is 109 Å². The smallest absolute Gasteiger partial charge is 0.124 e. The van der Waals surface area contributed by atoms with E-state index in [9.17, 15) is 9.50 Å². The van der Waals surface area contributed by atoms with Crippen LogP contribution < -0.4 is 0 Å². The van der Waals surface area contributed by atoms with Gasteiger partial charge in [-0.2, -0.15) is 0 Å². The normalized spacial score (nSPS) is 12.7. The highest BCUT2D eigenvalue weighted by atomic mass is 79.9. The number of aliphatic hydroxyl groups excluding tert-OH is 1. The van der Waals surface area contributed by atoms with Crippen LogP contribution in [-0.4, -0.2) is 38.1 Å². The van der Waals surface area contributed by atoms with E-state index < -0.39 is 6.10 Å². The van der Waals surface area contributed by atoms with E-state index >= 15 is 0 Å². The third-order valence-electron chi connectivity index (χ3n) is 2.21. The van der Waals surface area contributed by atoms with Crippen molar-refractivity contribution >= 4 is 15.9 Å². The van der Waals surface area contributed by atoms with Crippen molar-refractivity contribution in [1.82, 2.24) is 0 Å².